The van der Waals surface area contributed by atoms with E-state index in [2.05, 4.69) is 0 Å². The molecular formula is C14H17N3O9. The van der Waals surface area contributed by atoms with Crippen LogP contribution in [0.5, 0.6) is 0 Å². The second kappa shape index (κ2) is 5.95. The number of aliphatic hydroxyl groups excluding tert-OH is 1. The first-order valence-corrected chi connectivity index (χ1v) is 7.30. The largest absolute Gasteiger partial charge is 0.393 e. The minimum Gasteiger partial charge on any atom is -0.393 e. The van der Waals surface area contributed by atoms with E-state index in [0.29, 0.717) is 4.68 Å². The Bertz CT molecular complexity index is 905. The van der Waals surface area contributed by atoms with Crippen LogP contribution in [0.25, 0.3) is 0 Å². The lowest BCUT2D eigenvalue weighted by Crippen LogP contribution is -2.75. The Morgan fingerprint density at radius 1 is 1.12 bits per heavy atom. The van der Waals surface area contributed by atoms with Gasteiger partial charge >= 0.3 is 5.69 Å². The molecule has 142 valence electrons. The van der Waals surface area contributed by atoms with Crippen molar-refractivity contribution in [3.8, 4) is 0 Å². The molecule has 1 fully saturated rings. The van der Waals surface area contributed by atoms with Gasteiger partial charge in [-0.05, 0) is 20.8 Å². The van der Waals surface area contributed by atoms with E-state index in [4.69, 9.17) is 4.84 Å². The minimum atomic E-state index is -3.27. The monoisotopic (exact) mass is 371 g/mol. The number of rotatable bonds is 5. The molecule has 12 heteroatoms. The van der Waals surface area contributed by atoms with Crippen molar-refractivity contribution >= 4 is 17.3 Å². The molecule has 0 amide bonds. The third-order valence-corrected chi connectivity index (χ3v) is 4.40. The molecule has 0 aliphatic carbocycles. The van der Waals surface area contributed by atoms with Crippen LogP contribution in [0.2, 0.25) is 0 Å². The Morgan fingerprint density at radius 3 is 2.08 bits per heavy atom. The number of ketones is 3. The van der Waals surface area contributed by atoms with Gasteiger partial charge in [0.25, 0.3) is 11.3 Å². The van der Waals surface area contributed by atoms with Crippen molar-refractivity contribution in [2.24, 2.45) is 0 Å². The van der Waals surface area contributed by atoms with E-state index < -0.39 is 52.1 Å². The smallest absolute Gasteiger partial charge is 0.349 e. The highest BCUT2D eigenvalue weighted by Gasteiger charge is 2.80. The quantitative estimate of drug-likeness (QED) is 0.403. The summed E-state index contributed by atoms with van der Waals surface area (Å²) >= 11 is 0. The lowest BCUT2D eigenvalue weighted by atomic mass is 9.71. The van der Waals surface area contributed by atoms with Crippen LogP contribution in [-0.4, -0.2) is 65.9 Å². The molecule has 0 radical (unpaired) electrons. The number of hydrogen-bond acceptors (Lipinski definition) is 10. The summed E-state index contributed by atoms with van der Waals surface area (Å²) in [6, 6.07) is 0.824. The standard InChI is InChI=1S/C14H17N3O9/c1-7(19)12(6-18)13(24,8(2)20)14(25,9(3)21)17(26-12)16-5-4-10(22)15-11(16)23/h4-5,18,24-25H,6H2,1-3H3,(H,15,22,23)/t12-,13+,14+/m0/s1. The van der Waals surface area contributed by atoms with Crippen molar-refractivity contribution in [3.05, 3.63) is 33.1 Å². The van der Waals surface area contributed by atoms with Crippen molar-refractivity contribution in [1.29, 1.82) is 0 Å². The summed E-state index contributed by atoms with van der Waals surface area (Å²) in [5.41, 5.74) is -11.3. The molecule has 0 bridgehead atoms. The molecule has 12 nitrogen and oxygen atoms in total. The van der Waals surface area contributed by atoms with E-state index >= 15 is 0 Å². The number of carbonyl (C=O) groups is 3. The summed E-state index contributed by atoms with van der Waals surface area (Å²) in [6.45, 7) is 1.09. The maximum Gasteiger partial charge on any atom is 0.349 e. The number of aromatic nitrogens is 2. The zero-order valence-corrected chi connectivity index (χ0v) is 14.0. The third kappa shape index (κ3) is 2.13. The Hall–Kier alpha value is -2.67. The molecule has 0 unspecified atom stereocenters. The van der Waals surface area contributed by atoms with Crippen molar-refractivity contribution < 1.29 is 34.5 Å². The molecule has 0 aromatic carbocycles. The summed E-state index contributed by atoms with van der Waals surface area (Å²) in [7, 11) is 0. The number of nitrogens with zero attached hydrogens (tertiary/aromatic N) is 2. The minimum absolute atomic E-state index is 0.0899. The highest BCUT2D eigenvalue weighted by atomic mass is 16.8. The Kier molecular flexibility index (Phi) is 4.50. The molecule has 1 aromatic rings. The molecule has 26 heavy (non-hydrogen) atoms. The van der Waals surface area contributed by atoms with Crippen LogP contribution in [-0.2, 0) is 19.2 Å². The fraction of sp³-hybridized carbons (Fsp3) is 0.500. The zero-order chi connectivity index (χ0) is 20.1. The van der Waals surface area contributed by atoms with Gasteiger partial charge in [0.2, 0.25) is 11.2 Å². The van der Waals surface area contributed by atoms with E-state index in [1.807, 2.05) is 4.98 Å². The van der Waals surface area contributed by atoms with E-state index in [9.17, 15) is 39.3 Å². The lowest BCUT2D eigenvalue weighted by Gasteiger charge is -2.39. The van der Waals surface area contributed by atoms with Crippen LogP contribution < -0.4 is 16.4 Å². The number of aliphatic hydroxyl groups is 3. The van der Waals surface area contributed by atoms with Crippen LogP contribution >= 0.6 is 0 Å². The number of hydroxylamine groups is 1. The van der Waals surface area contributed by atoms with Crippen molar-refractivity contribution in [2.45, 2.75) is 37.7 Å². The van der Waals surface area contributed by atoms with Gasteiger partial charge in [0.05, 0.1) is 6.61 Å². The van der Waals surface area contributed by atoms with Crippen molar-refractivity contribution in [1.82, 2.24) is 9.66 Å². The fourth-order valence-electron chi connectivity index (χ4n) is 2.95. The van der Waals surface area contributed by atoms with Crippen LogP contribution in [0.3, 0.4) is 0 Å². The molecule has 1 aliphatic heterocycles. The molecule has 2 rings (SSSR count). The molecule has 1 aliphatic rings. The zero-order valence-electron chi connectivity index (χ0n) is 14.0. The van der Waals surface area contributed by atoms with Crippen LogP contribution in [0.4, 0.5) is 0 Å². The van der Waals surface area contributed by atoms with Gasteiger partial charge < -0.3 is 15.3 Å². The summed E-state index contributed by atoms with van der Waals surface area (Å²) < 4.78 is 0.372. The second-order valence-corrected chi connectivity index (χ2v) is 5.86. The SMILES string of the molecule is CC(=O)[C@@]1(O)[C@](CO)(C(C)=O)ON(n2ccc(=O)[nH]c2=O)[C@@]1(O)C(C)=O. The Balaban J connectivity index is 2.93. The number of carbonyl (C=O) groups excluding carboxylic acids is 3. The predicted octanol–water partition coefficient (Wildman–Crippen LogP) is -3.66. The normalized spacial score (nSPS) is 31.1. The summed E-state index contributed by atoms with van der Waals surface area (Å²) in [5.74, 6) is -3.65. The molecule has 0 spiro atoms. The van der Waals surface area contributed by atoms with Crippen molar-refractivity contribution in [3.63, 3.8) is 0 Å². The molecule has 3 atom stereocenters. The summed E-state index contributed by atoms with van der Waals surface area (Å²) in [4.78, 5) is 66.8. The number of Topliss-reactive ketones (excluding diaryl/α,β-unsaturated/α-hetero) is 3. The van der Waals surface area contributed by atoms with Gasteiger partial charge in [-0.3, -0.25) is 24.2 Å². The van der Waals surface area contributed by atoms with Gasteiger partial charge in [0, 0.05) is 12.3 Å². The molecular weight excluding hydrogens is 354 g/mol. The predicted molar refractivity (Wildman–Crippen MR) is 82.4 cm³/mol. The molecule has 0 saturated carbocycles. The number of H-pyrrole nitrogens is 1. The topological polar surface area (TPSA) is 179 Å². The third-order valence-electron chi connectivity index (χ3n) is 4.40. The first kappa shape index (κ1) is 19.7. The summed E-state index contributed by atoms with van der Waals surface area (Å²) in [6.07, 6.45) is 0.781. The van der Waals surface area contributed by atoms with Gasteiger partial charge in [-0.25, -0.2) is 9.63 Å². The number of aromatic amines is 1. The van der Waals surface area contributed by atoms with Gasteiger partial charge in [-0.2, -0.15) is 4.68 Å². The van der Waals surface area contributed by atoms with Gasteiger partial charge in [-0.1, -0.05) is 0 Å². The summed E-state index contributed by atoms with van der Waals surface area (Å²) in [5, 5.41) is 31.7. The Labute approximate surface area is 145 Å². The van der Waals surface area contributed by atoms with E-state index in [1.165, 1.54) is 0 Å². The van der Waals surface area contributed by atoms with Crippen LogP contribution in [0.15, 0.2) is 21.9 Å². The number of hydrogen-bond donors (Lipinski definition) is 4. The van der Waals surface area contributed by atoms with Gasteiger partial charge in [-0.15, -0.1) is 5.17 Å². The van der Waals surface area contributed by atoms with E-state index in [0.717, 1.165) is 33.0 Å². The highest BCUT2D eigenvalue weighted by molar-refractivity contribution is 6.06. The maximum absolute atomic E-state index is 12.2. The Morgan fingerprint density at radius 2 is 1.69 bits per heavy atom. The first-order valence-electron chi connectivity index (χ1n) is 7.30. The second-order valence-electron chi connectivity index (χ2n) is 5.86. The van der Waals surface area contributed by atoms with Crippen LogP contribution in [0, 0.1) is 0 Å². The molecule has 1 saturated heterocycles. The highest BCUT2D eigenvalue weighted by Crippen LogP contribution is 2.46. The van der Waals surface area contributed by atoms with E-state index in [-0.39, 0.29) is 5.17 Å². The molecule has 4 N–H and O–H groups in total. The lowest BCUT2D eigenvalue weighted by molar-refractivity contribution is -0.195. The number of nitrogens with one attached hydrogen (secondary N) is 1. The van der Waals surface area contributed by atoms with E-state index in [1.54, 1.807) is 0 Å². The van der Waals surface area contributed by atoms with Crippen LogP contribution in [0.1, 0.15) is 20.8 Å². The van der Waals surface area contributed by atoms with Gasteiger partial charge in [0.1, 0.15) is 0 Å². The first-order chi connectivity index (χ1) is 11.9. The molecule has 1 aromatic heterocycles. The van der Waals surface area contributed by atoms with Crippen molar-refractivity contribution in [2.75, 3.05) is 11.8 Å². The average molecular weight is 371 g/mol. The maximum atomic E-state index is 12.2. The van der Waals surface area contributed by atoms with Gasteiger partial charge in [0.15, 0.2) is 17.3 Å². The average Bonchev–Trinajstić information content (AvgIpc) is 2.76. The molecule has 2 heterocycles. The fourth-order valence-corrected chi connectivity index (χ4v) is 2.95.